The zero-order valence-electron chi connectivity index (χ0n) is 13.7. The molecule has 3 aromatic rings. The summed E-state index contributed by atoms with van der Waals surface area (Å²) in [5, 5.41) is 10.7. The second-order valence-electron chi connectivity index (χ2n) is 5.71. The molecular formula is C18H17FN4O2. The maximum Gasteiger partial charge on any atom is 0.272 e. The fourth-order valence-electron chi connectivity index (χ4n) is 2.63. The third kappa shape index (κ3) is 3.82. The number of rotatable bonds is 6. The van der Waals surface area contributed by atoms with E-state index >= 15 is 0 Å². The van der Waals surface area contributed by atoms with Crippen molar-refractivity contribution in [3.8, 4) is 0 Å². The van der Waals surface area contributed by atoms with Crippen LogP contribution in [-0.2, 0) is 13.1 Å². The smallest absolute Gasteiger partial charge is 0.272 e. The average molecular weight is 340 g/mol. The minimum atomic E-state index is -0.627. The Hall–Kier alpha value is -3.22. The minimum Gasteiger partial charge on any atom is -0.365 e. The van der Waals surface area contributed by atoms with E-state index in [0.717, 1.165) is 17.5 Å². The lowest BCUT2D eigenvalue weighted by molar-refractivity contribution is -0.385. The summed E-state index contributed by atoms with van der Waals surface area (Å²) < 4.78 is 16.2. The van der Waals surface area contributed by atoms with Gasteiger partial charge in [0.15, 0.2) is 5.82 Å². The number of nitro groups is 1. The Morgan fingerprint density at radius 2 is 2.00 bits per heavy atom. The lowest BCUT2D eigenvalue weighted by Crippen LogP contribution is -2.21. The first kappa shape index (κ1) is 16.6. The lowest BCUT2D eigenvalue weighted by Gasteiger charge is -2.20. The van der Waals surface area contributed by atoms with E-state index in [1.165, 1.54) is 12.1 Å². The predicted octanol–water partition coefficient (Wildman–Crippen LogP) is 3.62. The number of anilines is 1. The first-order valence-corrected chi connectivity index (χ1v) is 7.73. The number of hydrogen-bond donors (Lipinski definition) is 0. The molecule has 1 aromatic heterocycles. The van der Waals surface area contributed by atoms with Crippen molar-refractivity contribution < 1.29 is 9.31 Å². The summed E-state index contributed by atoms with van der Waals surface area (Å²) in [5.74, 6) is 0.155. The number of hydrogen-bond acceptors (Lipinski definition) is 4. The molecule has 25 heavy (non-hydrogen) atoms. The summed E-state index contributed by atoms with van der Waals surface area (Å²) in [4.78, 5) is 16.1. The summed E-state index contributed by atoms with van der Waals surface area (Å²) >= 11 is 0. The minimum absolute atomic E-state index is 0.264. The van der Waals surface area contributed by atoms with Crippen LogP contribution in [0.3, 0.4) is 0 Å². The second kappa shape index (κ2) is 7.12. The first-order valence-electron chi connectivity index (χ1n) is 7.73. The molecule has 0 saturated carbocycles. The molecule has 2 aromatic carbocycles. The van der Waals surface area contributed by atoms with E-state index < -0.39 is 10.7 Å². The number of aromatic nitrogens is 2. The van der Waals surface area contributed by atoms with Crippen molar-refractivity contribution in [2.24, 2.45) is 0 Å². The van der Waals surface area contributed by atoms with Gasteiger partial charge in [-0.2, -0.15) is 0 Å². The number of benzene rings is 2. The van der Waals surface area contributed by atoms with Crippen molar-refractivity contribution in [3.05, 3.63) is 88.2 Å². The maximum absolute atomic E-state index is 14.2. The van der Waals surface area contributed by atoms with Gasteiger partial charge in [-0.05, 0) is 11.6 Å². The second-order valence-corrected chi connectivity index (χ2v) is 5.71. The van der Waals surface area contributed by atoms with E-state index in [1.54, 1.807) is 18.1 Å². The Morgan fingerprint density at radius 3 is 2.68 bits per heavy atom. The van der Waals surface area contributed by atoms with Gasteiger partial charge in [0.1, 0.15) is 5.82 Å². The van der Waals surface area contributed by atoms with Crippen LogP contribution in [0.2, 0.25) is 0 Å². The molecule has 0 N–H and O–H groups in total. The van der Waals surface area contributed by atoms with Gasteiger partial charge >= 0.3 is 0 Å². The van der Waals surface area contributed by atoms with Crippen LogP contribution in [-0.4, -0.2) is 21.5 Å². The Kier molecular flexibility index (Phi) is 4.74. The average Bonchev–Trinajstić information content (AvgIpc) is 3.02. The number of non-ortho nitro benzene ring substituents is 1. The number of nitro benzene ring substituents is 1. The zero-order valence-corrected chi connectivity index (χ0v) is 13.7. The first-order chi connectivity index (χ1) is 12.0. The summed E-state index contributed by atoms with van der Waals surface area (Å²) in [6.45, 7) is 1.06. The van der Waals surface area contributed by atoms with E-state index in [0.29, 0.717) is 18.8 Å². The highest BCUT2D eigenvalue weighted by Crippen LogP contribution is 2.24. The van der Waals surface area contributed by atoms with Gasteiger partial charge in [-0.3, -0.25) is 10.1 Å². The molecule has 0 atom stereocenters. The Bertz CT molecular complexity index is 880. The van der Waals surface area contributed by atoms with Gasteiger partial charge in [-0.15, -0.1) is 0 Å². The summed E-state index contributed by atoms with van der Waals surface area (Å²) in [6, 6.07) is 13.6. The quantitative estimate of drug-likeness (QED) is 0.508. The van der Waals surface area contributed by atoms with E-state index in [2.05, 4.69) is 4.98 Å². The van der Waals surface area contributed by atoms with E-state index in [4.69, 9.17) is 0 Å². The SMILES string of the molecule is CN(Cc1nccn1Cc1ccccc1)c1ccc([N+](=O)[O-])cc1F. The standard InChI is InChI=1S/C18H17FN4O2/c1-21(17-8-7-15(23(24)25)11-16(17)19)13-18-20-9-10-22(18)12-14-5-3-2-4-6-14/h2-11H,12-13H2,1H3. The highest BCUT2D eigenvalue weighted by Gasteiger charge is 2.15. The molecular weight excluding hydrogens is 323 g/mol. The predicted molar refractivity (Wildman–Crippen MR) is 92.9 cm³/mol. The van der Waals surface area contributed by atoms with Crippen molar-refractivity contribution in [2.75, 3.05) is 11.9 Å². The van der Waals surface area contributed by atoms with Crippen molar-refractivity contribution in [3.63, 3.8) is 0 Å². The van der Waals surface area contributed by atoms with Crippen LogP contribution < -0.4 is 4.90 Å². The van der Waals surface area contributed by atoms with Crippen molar-refractivity contribution in [1.82, 2.24) is 9.55 Å². The maximum atomic E-state index is 14.2. The van der Waals surface area contributed by atoms with E-state index in [9.17, 15) is 14.5 Å². The summed E-state index contributed by atoms with van der Waals surface area (Å²) in [7, 11) is 1.73. The molecule has 0 aliphatic rings. The van der Waals surface area contributed by atoms with Crippen LogP contribution in [0.1, 0.15) is 11.4 Å². The van der Waals surface area contributed by atoms with Gasteiger partial charge in [-0.25, -0.2) is 9.37 Å². The number of imidazole rings is 1. The molecule has 1 heterocycles. The molecule has 0 spiro atoms. The Labute approximate surface area is 144 Å². The molecule has 0 aliphatic carbocycles. The van der Waals surface area contributed by atoms with Crippen LogP contribution in [0, 0.1) is 15.9 Å². The highest BCUT2D eigenvalue weighted by molar-refractivity contribution is 5.51. The molecule has 0 aliphatic heterocycles. The normalized spacial score (nSPS) is 10.6. The zero-order chi connectivity index (χ0) is 17.8. The number of nitrogens with zero attached hydrogens (tertiary/aromatic N) is 4. The Morgan fingerprint density at radius 1 is 1.24 bits per heavy atom. The highest BCUT2D eigenvalue weighted by atomic mass is 19.1. The molecule has 0 amide bonds. The molecule has 3 rings (SSSR count). The third-order valence-electron chi connectivity index (χ3n) is 3.93. The van der Waals surface area contributed by atoms with Gasteiger partial charge in [0.25, 0.3) is 5.69 Å². The van der Waals surface area contributed by atoms with Crippen LogP contribution >= 0.6 is 0 Å². The summed E-state index contributed by atoms with van der Waals surface area (Å²) in [6.07, 6.45) is 3.58. The van der Waals surface area contributed by atoms with Crippen molar-refractivity contribution >= 4 is 11.4 Å². The lowest BCUT2D eigenvalue weighted by atomic mass is 10.2. The largest absolute Gasteiger partial charge is 0.365 e. The van der Waals surface area contributed by atoms with Crippen molar-refractivity contribution in [2.45, 2.75) is 13.1 Å². The van der Waals surface area contributed by atoms with Gasteiger partial charge in [-0.1, -0.05) is 30.3 Å². The van der Waals surface area contributed by atoms with Crippen LogP contribution in [0.4, 0.5) is 15.8 Å². The van der Waals surface area contributed by atoms with Gasteiger partial charge < -0.3 is 9.47 Å². The molecule has 0 unspecified atom stereocenters. The molecule has 128 valence electrons. The molecule has 0 fully saturated rings. The van der Waals surface area contributed by atoms with Gasteiger partial charge in [0.05, 0.1) is 23.2 Å². The third-order valence-corrected chi connectivity index (χ3v) is 3.93. The van der Waals surface area contributed by atoms with E-state index in [-0.39, 0.29) is 5.69 Å². The van der Waals surface area contributed by atoms with Crippen LogP contribution in [0.15, 0.2) is 60.9 Å². The summed E-state index contributed by atoms with van der Waals surface area (Å²) in [5.41, 5.74) is 1.17. The molecule has 0 bridgehead atoms. The van der Waals surface area contributed by atoms with Gasteiger partial charge in [0.2, 0.25) is 0 Å². The van der Waals surface area contributed by atoms with Crippen molar-refractivity contribution in [1.29, 1.82) is 0 Å². The Balaban J connectivity index is 1.77. The molecule has 0 saturated heterocycles. The molecule has 7 heteroatoms. The fraction of sp³-hybridized carbons (Fsp3) is 0.167. The van der Waals surface area contributed by atoms with E-state index in [1.807, 2.05) is 41.1 Å². The fourth-order valence-corrected chi connectivity index (χ4v) is 2.63. The van der Waals surface area contributed by atoms with Gasteiger partial charge in [0, 0.05) is 32.1 Å². The molecule has 0 radical (unpaired) electrons. The van der Waals surface area contributed by atoms with Crippen LogP contribution in [0.25, 0.3) is 0 Å². The number of halogens is 1. The van der Waals surface area contributed by atoms with Crippen LogP contribution in [0.5, 0.6) is 0 Å². The molecule has 6 nitrogen and oxygen atoms in total. The topological polar surface area (TPSA) is 64.2 Å². The monoisotopic (exact) mass is 340 g/mol.